The summed E-state index contributed by atoms with van der Waals surface area (Å²) >= 11 is 0. The van der Waals surface area contributed by atoms with E-state index < -0.39 is 29.6 Å². The van der Waals surface area contributed by atoms with Crippen LogP contribution in [0.25, 0.3) is 0 Å². The first-order chi connectivity index (χ1) is 14.1. The van der Waals surface area contributed by atoms with Crippen LogP contribution in [0.1, 0.15) is 36.6 Å². The van der Waals surface area contributed by atoms with Crippen molar-refractivity contribution < 1.29 is 27.9 Å². The summed E-state index contributed by atoms with van der Waals surface area (Å²) in [6.45, 7) is 3.41. The SMILES string of the molecule is CC(C)C(NC(=O)C(=O)N(CCO)Cc1ccccc1)c1ccc(C(F)(F)F)cc1. The maximum atomic E-state index is 12.8. The van der Waals surface area contributed by atoms with Gasteiger partial charge in [0.25, 0.3) is 0 Å². The highest BCUT2D eigenvalue weighted by Gasteiger charge is 2.31. The minimum absolute atomic E-state index is 0.0201. The summed E-state index contributed by atoms with van der Waals surface area (Å²) < 4.78 is 38.4. The molecule has 0 heterocycles. The minimum Gasteiger partial charge on any atom is -0.395 e. The summed E-state index contributed by atoms with van der Waals surface area (Å²) in [5.41, 5.74) is 0.485. The van der Waals surface area contributed by atoms with Crippen molar-refractivity contribution in [2.75, 3.05) is 13.2 Å². The van der Waals surface area contributed by atoms with Gasteiger partial charge in [-0.15, -0.1) is 0 Å². The lowest BCUT2D eigenvalue weighted by Crippen LogP contribution is -2.45. The Morgan fingerprint density at radius 2 is 1.63 bits per heavy atom. The molecule has 162 valence electrons. The van der Waals surface area contributed by atoms with E-state index >= 15 is 0 Å². The molecular formula is C22H25F3N2O3. The number of halogens is 3. The minimum atomic E-state index is -4.45. The number of aliphatic hydroxyl groups is 1. The molecule has 0 aliphatic rings. The number of carbonyl (C=O) groups is 2. The van der Waals surface area contributed by atoms with Crippen molar-refractivity contribution in [1.82, 2.24) is 10.2 Å². The van der Waals surface area contributed by atoms with E-state index in [-0.39, 0.29) is 25.6 Å². The first kappa shape index (κ1) is 23.4. The largest absolute Gasteiger partial charge is 0.416 e. The Bertz CT molecular complexity index is 837. The molecule has 2 aromatic carbocycles. The Balaban J connectivity index is 2.15. The third-order valence-corrected chi connectivity index (χ3v) is 4.62. The number of alkyl halides is 3. The van der Waals surface area contributed by atoms with Crippen LogP contribution in [0.5, 0.6) is 0 Å². The predicted octanol–water partition coefficient (Wildman–Crippen LogP) is 3.54. The van der Waals surface area contributed by atoms with Crippen LogP contribution in [-0.4, -0.2) is 35.0 Å². The second kappa shape index (κ2) is 10.2. The highest BCUT2D eigenvalue weighted by Crippen LogP contribution is 2.31. The van der Waals surface area contributed by atoms with E-state index in [1.54, 1.807) is 38.1 Å². The lowest BCUT2D eigenvalue weighted by molar-refractivity contribution is -0.147. The number of amides is 2. The Morgan fingerprint density at radius 3 is 2.13 bits per heavy atom. The summed E-state index contributed by atoms with van der Waals surface area (Å²) in [6.07, 6.45) is -4.45. The average Bonchev–Trinajstić information content (AvgIpc) is 2.71. The molecule has 0 aromatic heterocycles. The predicted molar refractivity (Wildman–Crippen MR) is 106 cm³/mol. The molecule has 0 radical (unpaired) electrons. The Morgan fingerprint density at radius 1 is 1.03 bits per heavy atom. The summed E-state index contributed by atoms with van der Waals surface area (Å²) in [7, 11) is 0. The van der Waals surface area contributed by atoms with Crippen LogP contribution in [0.3, 0.4) is 0 Å². The van der Waals surface area contributed by atoms with Crippen LogP contribution < -0.4 is 5.32 Å². The van der Waals surface area contributed by atoms with Crippen molar-refractivity contribution in [3.05, 3.63) is 71.3 Å². The number of nitrogens with one attached hydrogen (secondary N) is 1. The molecule has 2 N–H and O–H groups in total. The van der Waals surface area contributed by atoms with Crippen LogP contribution >= 0.6 is 0 Å². The molecule has 0 aliphatic carbocycles. The molecule has 0 spiro atoms. The van der Waals surface area contributed by atoms with E-state index in [1.165, 1.54) is 17.0 Å². The normalized spacial score (nSPS) is 12.5. The fourth-order valence-corrected chi connectivity index (χ4v) is 3.04. The van der Waals surface area contributed by atoms with Gasteiger partial charge >= 0.3 is 18.0 Å². The highest BCUT2D eigenvalue weighted by molar-refractivity contribution is 6.35. The molecule has 2 amide bonds. The summed E-state index contributed by atoms with van der Waals surface area (Å²) in [6, 6.07) is 12.9. The zero-order valence-corrected chi connectivity index (χ0v) is 16.8. The lowest BCUT2D eigenvalue weighted by atomic mass is 9.95. The molecular weight excluding hydrogens is 397 g/mol. The molecule has 2 aromatic rings. The molecule has 2 rings (SSSR count). The van der Waals surface area contributed by atoms with E-state index in [0.717, 1.165) is 17.7 Å². The molecule has 0 bridgehead atoms. The number of hydrogen-bond acceptors (Lipinski definition) is 3. The summed E-state index contributed by atoms with van der Waals surface area (Å²) in [5, 5.41) is 11.9. The average molecular weight is 422 g/mol. The fraction of sp³-hybridized carbons (Fsp3) is 0.364. The highest BCUT2D eigenvalue weighted by atomic mass is 19.4. The number of benzene rings is 2. The molecule has 0 fully saturated rings. The number of aliphatic hydroxyl groups excluding tert-OH is 1. The second-order valence-electron chi connectivity index (χ2n) is 7.25. The zero-order valence-electron chi connectivity index (χ0n) is 16.8. The number of hydrogen-bond donors (Lipinski definition) is 2. The quantitative estimate of drug-likeness (QED) is 0.671. The first-order valence-corrected chi connectivity index (χ1v) is 9.55. The van der Waals surface area contributed by atoms with Crippen LogP contribution in [0.2, 0.25) is 0 Å². The maximum absolute atomic E-state index is 12.8. The third-order valence-electron chi connectivity index (χ3n) is 4.62. The van der Waals surface area contributed by atoms with E-state index in [9.17, 15) is 27.9 Å². The van der Waals surface area contributed by atoms with E-state index in [2.05, 4.69) is 5.32 Å². The lowest BCUT2D eigenvalue weighted by Gasteiger charge is -2.26. The third kappa shape index (κ3) is 6.32. The maximum Gasteiger partial charge on any atom is 0.416 e. The summed E-state index contributed by atoms with van der Waals surface area (Å²) in [5.74, 6) is -1.86. The molecule has 0 saturated carbocycles. The van der Waals surface area contributed by atoms with Gasteiger partial charge < -0.3 is 15.3 Å². The van der Waals surface area contributed by atoms with Crippen molar-refractivity contribution >= 4 is 11.8 Å². The Hall–Kier alpha value is -2.87. The van der Waals surface area contributed by atoms with Crippen LogP contribution in [0.15, 0.2) is 54.6 Å². The number of carbonyl (C=O) groups excluding carboxylic acids is 2. The monoisotopic (exact) mass is 422 g/mol. The number of rotatable bonds is 7. The Kier molecular flexibility index (Phi) is 8.00. The number of nitrogens with zero attached hydrogens (tertiary/aromatic N) is 1. The van der Waals surface area contributed by atoms with Crippen LogP contribution in [-0.2, 0) is 22.3 Å². The molecule has 0 aliphatic heterocycles. The van der Waals surface area contributed by atoms with Crippen molar-refractivity contribution in [1.29, 1.82) is 0 Å². The van der Waals surface area contributed by atoms with Crippen molar-refractivity contribution in [3.63, 3.8) is 0 Å². The van der Waals surface area contributed by atoms with Gasteiger partial charge in [-0.25, -0.2) is 0 Å². The standard InChI is InChI=1S/C22H25F3N2O3/c1-15(2)19(17-8-10-18(11-9-17)22(23,24)25)26-20(29)21(30)27(12-13-28)14-16-6-4-3-5-7-16/h3-11,15,19,28H,12-14H2,1-2H3,(H,26,29). The fourth-order valence-electron chi connectivity index (χ4n) is 3.04. The van der Waals surface area contributed by atoms with Gasteiger partial charge in [-0.3, -0.25) is 9.59 Å². The van der Waals surface area contributed by atoms with Gasteiger partial charge in [-0.1, -0.05) is 56.3 Å². The van der Waals surface area contributed by atoms with Crippen molar-refractivity contribution in [3.8, 4) is 0 Å². The zero-order chi connectivity index (χ0) is 22.3. The second-order valence-corrected chi connectivity index (χ2v) is 7.25. The van der Waals surface area contributed by atoms with E-state index in [0.29, 0.717) is 5.56 Å². The molecule has 5 nitrogen and oxygen atoms in total. The molecule has 1 unspecified atom stereocenters. The Labute approximate surface area is 173 Å². The molecule has 30 heavy (non-hydrogen) atoms. The van der Waals surface area contributed by atoms with Gasteiger partial charge in [0.15, 0.2) is 0 Å². The van der Waals surface area contributed by atoms with Crippen molar-refractivity contribution in [2.24, 2.45) is 5.92 Å². The van der Waals surface area contributed by atoms with Gasteiger partial charge in [0.2, 0.25) is 0 Å². The molecule has 8 heteroatoms. The van der Waals surface area contributed by atoms with Crippen molar-refractivity contribution in [2.45, 2.75) is 32.6 Å². The smallest absolute Gasteiger partial charge is 0.395 e. The van der Waals surface area contributed by atoms with E-state index in [4.69, 9.17) is 0 Å². The molecule has 0 saturated heterocycles. The van der Waals surface area contributed by atoms with E-state index in [1.807, 2.05) is 6.07 Å². The van der Waals surface area contributed by atoms with Crippen LogP contribution in [0.4, 0.5) is 13.2 Å². The van der Waals surface area contributed by atoms with Gasteiger partial charge in [0.05, 0.1) is 18.2 Å². The summed E-state index contributed by atoms with van der Waals surface area (Å²) in [4.78, 5) is 26.5. The first-order valence-electron chi connectivity index (χ1n) is 9.55. The topological polar surface area (TPSA) is 69.6 Å². The van der Waals surface area contributed by atoms with Crippen LogP contribution in [0, 0.1) is 5.92 Å². The van der Waals surface area contributed by atoms with Gasteiger partial charge in [-0.2, -0.15) is 13.2 Å². The molecule has 1 atom stereocenters. The van der Waals surface area contributed by atoms with Gasteiger partial charge in [-0.05, 0) is 29.2 Å². The van der Waals surface area contributed by atoms with Gasteiger partial charge in [0, 0.05) is 13.1 Å². The van der Waals surface area contributed by atoms with Gasteiger partial charge in [0.1, 0.15) is 0 Å².